The Bertz CT molecular complexity index is 682. The van der Waals surface area contributed by atoms with E-state index in [-0.39, 0.29) is 22.8 Å². The van der Waals surface area contributed by atoms with Gasteiger partial charge >= 0.3 is 0 Å². The van der Waals surface area contributed by atoms with Gasteiger partial charge in [0.2, 0.25) is 0 Å². The fourth-order valence-corrected chi connectivity index (χ4v) is 7.62. The highest BCUT2D eigenvalue weighted by Gasteiger charge is 2.29. The second-order valence-electron chi connectivity index (χ2n) is 9.29. The Labute approximate surface area is 185 Å². The molecule has 1 aliphatic carbocycles. The fraction of sp³-hybridized carbons (Fsp3) is 0.680. The van der Waals surface area contributed by atoms with Crippen molar-refractivity contribution in [3.63, 3.8) is 0 Å². The summed E-state index contributed by atoms with van der Waals surface area (Å²) in [6.07, 6.45) is 13.0. The van der Waals surface area contributed by atoms with Crippen molar-refractivity contribution in [3.05, 3.63) is 34.9 Å². The molecule has 2 nitrogen and oxygen atoms in total. The van der Waals surface area contributed by atoms with Crippen LogP contribution in [0.5, 0.6) is 11.5 Å². The first-order valence-corrected chi connectivity index (χ1v) is 13.5. The van der Waals surface area contributed by atoms with E-state index in [4.69, 9.17) is 0 Å². The number of aromatic hydroxyl groups is 2. The van der Waals surface area contributed by atoms with Crippen LogP contribution in [0.1, 0.15) is 95.6 Å². The van der Waals surface area contributed by atoms with Gasteiger partial charge < -0.3 is 10.2 Å². The summed E-state index contributed by atoms with van der Waals surface area (Å²) in [5.74, 6) is 3.17. The topological polar surface area (TPSA) is 40.5 Å². The molecule has 1 unspecified atom stereocenters. The molecule has 1 heterocycles. The molecule has 1 aromatic carbocycles. The maximum Gasteiger partial charge on any atom is 0.123 e. The van der Waals surface area contributed by atoms with Crippen molar-refractivity contribution in [3.8, 4) is 11.5 Å². The van der Waals surface area contributed by atoms with Crippen LogP contribution in [0.3, 0.4) is 0 Å². The molecule has 4 heteroatoms. The number of hydrogen-bond donors (Lipinski definition) is 2. The second kappa shape index (κ2) is 10.5. The highest BCUT2D eigenvalue weighted by atomic mass is 32.2. The van der Waals surface area contributed by atoms with E-state index in [0.29, 0.717) is 4.58 Å². The van der Waals surface area contributed by atoms with E-state index >= 15 is 0 Å². The highest BCUT2D eigenvalue weighted by molar-refractivity contribution is 8.17. The van der Waals surface area contributed by atoms with Crippen LogP contribution >= 0.6 is 23.5 Å². The lowest BCUT2D eigenvalue weighted by Crippen LogP contribution is -2.18. The van der Waals surface area contributed by atoms with Gasteiger partial charge in [0.1, 0.15) is 11.5 Å². The van der Waals surface area contributed by atoms with Gasteiger partial charge in [0.25, 0.3) is 0 Å². The summed E-state index contributed by atoms with van der Waals surface area (Å²) in [5.41, 5.74) is 3.25. The molecule has 1 fully saturated rings. The van der Waals surface area contributed by atoms with Gasteiger partial charge in [-0.2, -0.15) is 0 Å². The van der Waals surface area contributed by atoms with Gasteiger partial charge in [-0.3, -0.25) is 0 Å². The Morgan fingerprint density at radius 2 is 1.69 bits per heavy atom. The van der Waals surface area contributed by atoms with E-state index in [0.717, 1.165) is 36.8 Å². The molecule has 0 amide bonds. The van der Waals surface area contributed by atoms with Gasteiger partial charge in [-0.1, -0.05) is 58.1 Å². The maximum atomic E-state index is 10.9. The van der Waals surface area contributed by atoms with Crippen molar-refractivity contribution < 1.29 is 10.2 Å². The van der Waals surface area contributed by atoms with Crippen molar-refractivity contribution in [1.82, 2.24) is 0 Å². The zero-order valence-electron chi connectivity index (χ0n) is 18.4. The molecule has 1 saturated heterocycles. The Morgan fingerprint density at radius 1 is 1.00 bits per heavy atom. The lowest BCUT2D eigenvalue weighted by molar-refractivity contribution is 0.411. The SMILES string of the molecule is CCCCCCC(C)(C)c1cc(O)c(C2C=C(C3SCCCS3)CCC2)c(O)c1. The molecule has 0 spiro atoms. The third-order valence-electron chi connectivity index (χ3n) is 6.47. The third kappa shape index (κ3) is 5.91. The van der Waals surface area contributed by atoms with Gasteiger partial charge in [-0.05, 0) is 66.7 Å². The normalized spacial score (nSPS) is 21.2. The predicted molar refractivity (Wildman–Crippen MR) is 130 cm³/mol. The number of hydrogen-bond acceptors (Lipinski definition) is 4. The highest BCUT2D eigenvalue weighted by Crippen LogP contribution is 2.47. The van der Waals surface area contributed by atoms with Crippen molar-refractivity contribution in [2.24, 2.45) is 0 Å². The van der Waals surface area contributed by atoms with Crippen LogP contribution in [0.25, 0.3) is 0 Å². The largest absolute Gasteiger partial charge is 0.507 e. The molecule has 0 saturated carbocycles. The zero-order valence-corrected chi connectivity index (χ0v) is 20.0. The molecule has 2 aliphatic rings. The van der Waals surface area contributed by atoms with E-state index in [2.05, 4.69) is 50.4 Å². The lowest BCUT2D eigenvalue weighted by atomic mass is 9.78. The average molecular weight is 435 g/mol. The molecule has 1 aromatic rings. The minimum absolute atomic E-state index is 0.0375. The Morgan fingerprint density at radius 3 is 2.34 bits per heavy atom. The van der Waals surface area contributed by atoms with E-state index in [1.54, 1.807) is 0 Å². The van der Waals surface area contributed by atoms with Gasteiger partial charge in [-0.25, -0.2) is 0 Å². The van der Waals surface area contributed by atoms with Crippen LogP contribution in [0.15, 0.2) is 23.8 Å². The summed E-state index contributed by atoms with van der Waals surface area (Å²) in [6.45, 7) is 6.68. The molecule has 3 rings (SSSR count). The van der Waals surface area contributed by atoms with Gasteiger partial charge in [0, 0.05) is 11.5 Å². The van der Waals surface area contributed by atoms with Crippen LogP contribution in [0.4, 0.5) is 0 Å². The third-order valence-corrected chi connectivity index (χ3v) is 9.55. The minimum atomic E-state index is -0.0375. The molecule has 2 N–H and O–H groups in total. The summed E-state index contributed by atoms with van der Waals surface area (Å²) in [4.78, 5) is 0. The average Bonchev–Trinajstić information content (AvgIpc) is 2.71. The lowest BCUT2D eigenvalue weighted by Gasteiger charge is -2.30. The van der Waals surface area contributed by atoms with Gasteiger partial charge in [-0.15, -0.1) is 23.5 Å². The summed E-state index contributed by atoms with van der Waals surface area (Å²) < 4.78 is 0.567. The first-order valence-electron chi connectivity index (χ1n) is 11.4. The number of phenolic OH excluding ortho intramolecular Hbond substituents is 2. The van der Waals surface area contributed by atoms with Crippen LogP contribution < -0.4 is 0 Å². The van der Waals surface area contributed by atoms with Crippen molar-refractivity contribution in [1.29, 1.82) is 0 Å². The smallest absolute Gasteiger partial charge is 0.123 e. The molecular weight excluding hydrogens is 396 g/mol. The Balaban J connectivity index is 1.78. The zero-order chi connectivity index (χ0) is 20.9. The van der Waals surface area contributed by atoms with E-state index in [9.17, 15) is 10.2 Å². The number of unbranched alkanes of at least 4 members (excludes halogenated alkanes) is 3. The molecule has 0 radical (unpaired) electrons. The Hall–Kier alpha value is -0.740. The van der Waals surface area contributed by atoms with Crippen molar-refractivity contribution in [2.75, 3.05) is 11.5 Å². The molecule has 1 aliphatic heterocycles. The standard InChI is InChI=1S/C25H38O2S2/c1-4-5-6-7-12-25(2,3)20-16-21(26)23(22(27)17-20)18-10-8-11-19(15-18)24-28-13-9-14-29-24/h15-18,24,26-27H,4-14H2,1-3H3. The molecule has 29 heavy (non-hydrogen) atoms. The fourth-order valence-electron chi connectivity index (χ4n) is 4.61. The molecule has 162 valence electrons. The van der Waals surface area contributed by atoms with E-state index in [1.807, 2.05) is 12.1 Å². The minimum Gasteiger partial charge on any atom is -0.507 e. The summed E-state index contributed by atoms with van der Waals surface area (Å²) in [5, 5.41) is 21.8. The summed E-state index contributed by atoms with van der Waals surface area (Å²) >= 11 is 4.12. The van der Waals surface area contributed by atoms with Crippen LogP contribution in [0, 0.1) is 0 Å². The van der Waals surface area contributed by atoms with Crippen molar-refractivity contribution in [2.45, 2.75) is 94.5 Å². The number of benzene rings is 1. The van der Waals surface area contributed by atoms with E-state index < -0.39 is 0 Å². The second-order valence-corrected chi connectivity index (χ2v) is 12.0. The maximum absolute atomic E-state index is 10.9. The number of phenols is 2. The first kappa shape index (κ1) is 22.9. The van der Waals surface area contributed by atoms with Crippen molar-refractivity contribution >= 4 is 23.5 Å². The number of rotatable bonds is 8. The first-order chi connectivity index (χ1) is 13.9. The monoisotopic (exact) mass is 434 g/mol. The summed E-state index contributed by atoms with van der Waals surface area (Å²) in [6, 6.07) is 3.84. The van der Waals surface area contributed by atoms with E-state index in [1.165, 1.54) is 49.2 Å². The molecule has 1 atom stereocenters. The molecule has 0 bridgehead atoms. The summed E-state index contributed by atoms with van der Waals surface area (Å²) in [7, 11) is 0. The molecular formula is C25H38O2S2. The van der Waals surface area contributed by atoms with Crippen LogP contribution in [-0.2, 0) is 5.41 Å². The van der Waals surface area contributed by atoms with Crippen LogP contribution in [0.2, 0.25) is 0 Å². The Kier molecular flexibility index (Phi) is 8.32. The number of thioether (sulfide) groups is 2. The van der Waals surface area contributed by atoms with Gasteiger partial charge in [0.15, 0.2) is 0 Å². The predicted octanol–water partition coefficient (Wildman–Crippen LogP) is 7.74. The van der Waals surface area contributed by atoms with Crippen LogP contribution in [-0.4, -0.2) is 26.3 Å². The van der Waals surface area contributed by atoms with Gasteiger partial charge in [0.05, 0.1) is 4.58 Å². The molecule has 0 aromatic heterocycles. The number of allylic oxidation sites excluding steroid dienone is 1. The quantitative estimate of drug-likeness (QED) is 0.324.